The molecule has 0 aliphatic carbocycles. The molecule has 2 saturated heterocycles. The first-order chi connectivity index (χ1) is 36.9. The molecule has 8 rings (SSSR count). The molecule has 2 aliphatic rings. The van der Waals surface area contributed by atoms with E-state index in [-0.39, 0.29) is 32.3 Å². The molecule has 0 bridgehead atoms. The van der Waals surface area contributed by atoms with Crippen molar-refractivity contribution in [1.29, 1.82) is 0 Å². The van der Waals surface area contributed by atoms with Crippen LogP contribution in [0.3, 0.4) is 0 Å². The lowest BCUT2D eigenvalue weighted by molar-refractivity contribution is -0.373. The van der Waals surface area contributed by atoms with Gasteiger partial charge in [0.1, 0.15) is 30.5 Å². The number of unbranched alkanes of at least 4 members (excludes halogenated alkanes) is 7. The molecule has 0 spiro atoms. The van der Waals surface area contributed by atoms with Gasteiger partial charge in [-0.25, -0.2) is 8.78 Å². The molecule has 0 aromatic heterocycles. The number of nitrogens with one attached hydrogen (secondary N) is 1. The van der Waals surface area contributed by atoms with Gasteiger partial charge in [-0.05, 0) is 66.1 Å². The fourth-order valence-electron chi connectivity index (χ4n) is 9.67. The van der Waals surface area contributed by atoms with Crippen molar-refractivity contribution >= 4 is 5.91 Å². The molecule has 6 aromatic carbocycles. The molecule has 1 N–H and O–H groups in total. The van der Waals surface area contributed by atoms with Crippen molar-refractivity contribution in [2.24, 2.45) is 0 Å². The first-order valence-electron chi connectivity index (χ1n) is 26.8. The van der Waals surface area contributed by atoms with Gasteiger partial charge in [0, 0.05) is 12.0 Å². The summed E-state index contributed by atoms with van der Waals surface area (Å²) in [6.45, 7) is 3.35. The first kappa shape index (κ1) is 55.6. The predicted molar refractivity (Wildman–Crippen MR) is 284 cm³/mol. The lowest BCUT2D eigenvalue weighted by Crippen LogP contribution is -2.64. The number of carbonyl (C=O) groups is 1. The average Bonchev–Trinajstić information content (AvgIpc) is 3.45. The Kier molecular flexibility index (Phi) is 22.3. The van der Waals surface area contributed by atoms with Crippen LogP contribution >= 0.6 is 0 Å². The molecule has 12 heteroatoms. The minimum Gasteiger partial charge on any atom is -0.371 e. The summed E-state index contributed by atoms with van der Waals surface area (Å²) < 4.78 is 81.0. The van der Waals surface area contributed by atoms with Crippen molar-refractivity contribution in [2.45, 2.75) is 153 Å². The Morgan fingerprint density at radius 3 is 1.67 bits per heavy atom. The number of rotatable bonds is 30. The van der Waals surface area contributed by atoms with E-state index < -0.39 is 66.9 Å². The van der Waals surface area contributed by atoms with Crippen molar-refractivity contribution < 1.29 is 51.5 Å². The average molecular weight is 1030 g/mol. The van der Waals surface area contributed by atoms with Gasteiger partial charge in [-0.3, -0.25) is 4.79 Å². The molecule has 2 heterocycles. The van der Waals surface area contributed by atoms with Crippen LogP contribution in [0, 0.1) is 11.6 Å². The maximum atomic E-state index is 14.2. The highest BCUT2D eigenvalue weighted by Crippen LogP contribution is 2.38. The number of amides is 1. The van der Waals surface area contributed by atoms with E-state index in [1.807, 2.05) is 159 Å². The highest BCUT2D eigenvalue weighted by molar-refractivity contribution is 5.76. The van der Waals surface area contributed by atoms with Gasteiger partial charge in [-0.15, -0.1) is 0 Å². The Morgan fingerprint density at radius 2 is 1.08 bits per heavy atom. The van der Waals surface area contributed by atoms with Gasteiger partial charge in [-0.1, -0.05) is 196 Å². The zero-order valence-corrected chi connectivity index (χ0v) is 43.1. The van der Waals surface area contributed by atoms with E-state index in [1.165, 1.54) is 12.1 Å². The first-order valence-corrected chi connectivity index (χ1v) is 26.8. The van der Waals surface area contributed by atoms with Crippen LogP contribution in [-0.2, 0) is 75.5 Å². The zero-order valence-electron chi connectivity index (χ0n) is 43.1. The highest BCUT2D eigenvalue weighted by Gasteiger charge is 2.52. The second kappa shape index (κ2) is 30.2. The minimum atomic E-state index is -0.975. The van der Waals surface area contributed by atoms with E-state index in [0.29, 0.717) is 19.6 Å². The largest absolute Gasteiger partial charge is 0.371 e. The molecule has 6 aromatic rings. The Labute approximate surface area is 442 Å². The number of hydrogen-bond acceptors (Lipinski definition) is 9. The van der Waals surface area contributed by atoms with E-state index >= 15 is 0 Å². The molecular weight excluding hydrogens is 953 g/mol. The summed E-state index contributed by atoms with van der Waals surface area (Å²) in [5, 5.41) is 3.34. The van der Waals surface area contributed by atoms with Gasteiger partial charge in [0.2, 0.25) is 5.91 Å². The van der Waals surface area contributed by atoms with Crippen LogP contribution in [0.1, 0.15) is 104 Å². The summed E-state index contributed by atoms with van der Waals surface area (Å²) in [6, 6.07) is 53.2. The minimum absolute atomic E-state index is 0.00660. The Balaban J connectivity index is 0.979. The molecule has 10 nitrogen and oxygen atoms in total. The third-order valence-corrected chi connectivity index (χ3v) is 13.8. The van der Waals surface area contributed by atoms with Crippen LogP contribution < -0.4 is 5.32 Å². The van der Waals surface area contributed by atoms with Crippen LogP contribution in [0.2, 0.25) is 0 Å². The molecule has 0 saturated carbocycles. The zero-order chi connectivity index (χ0) is 51.9. The van der Waals surface area contributed by atoms with Crippen LogP contribution in [-0.4, -0.2) is 68.1 Å². The standard InChI is InChI=1S/C63H73F2NO9/c1-46(68-40-48-26-14-8-15-27-48)58(69-41-49-28-16-9-17-29-49)55(66-57(67)36-24-7-5-3-2-4-6-13-25-47-37-38-53(64)54(65)39-47)44-72-63-61(71-43-51-32-20-11-21-33-51)60(70-42-50-30-18-10-19-31-50)59-56(74-63)45-73-62(75-59)52-34-22-12-23-35-52/h8-12,14-23,26-35,37-39,46,55-56,58-63H,2-7,13,24-25,36,40-45H2,1H3,(H,66,67)/t46-,55+,56?,58-,59?,60?,61?,62?,63?/m1/s1. The fourth-order valence-corrected chi connectivity index (χ4v) is 9.67. The van der Waals surface area contributed by atoms with Crippen molar-refractivity contribution in [3.8, 4) is 0 Å². The second-order valence-corrected chi connectivity index (χ2v) is 19.6. The van der Waals surface area contributed by atoms with E-state index in [0.717, 1.165) is 91.2 Å². The molecule has 9 atom stereocenters. The van der Waals surface area contributed by atoms with Gasteiger partial charge >= 0.3 is 0 Å². The van der Waals surface area contributed by atoms with Gasteiger partial charge in [0.05, 0.1) is 51.8 Å². The van der Waals surface area contributed by atoms with Crippen molar-refractivity contribution in [3.05, 3.63) is 215 Å². The number of hydrogen-bond donors (Lipinski definition) is 1. The van der Waals surface area contributed by atoms with Gasteiger partial charge < -0.3 is 43.2 Å². The van der Waals surface area contributed by atoms with E-state index in [1.54, 1.807) is 6.07 Å². The molecule has 75 heavy (non-hydrogen) atoms. The van der Waals surface area contributed by atoms with Crippen LogP contribution in [0.5, 0.6) is 0 Å². The molecule has 6 unspecified atom stereocenters. The highest BCUT2D eigenvalue weighted by atomic mass is 19.2. The fraction of sp³-hybridized carbons (Fsp3) is 0.413. The number of benzene rings is 6. The lowest BCUT2D eigenvalue weighted by Gasteiger charge is -2.49. The number of aryl methyl sites for hydroxylation is 1. The molecule has 2 aliphatic heterocycles. The maximum absolute atomic E-state index is 14.2. The number of halogens is 2. The van der Waals surface area contributed by atoms with Crippen LogP contribution in [0.4, 0.5) is 8.78 Å². The number of ether oxygens (including phenoxy) is 8. The van der Waals surface area contributed by atoms with Gasteiger partial charge in [0.25, 0.3) is 0 Å². The van der Waals surface area contributed by atoms with Crippen LogP contribution in [0.25, 0.3) is 0 Å². The van der Waals surface area contributed by atoms with Gasteiger partial charge in [-0.2, -0.15) is 0 Å². The quantitative estimate of drug-likeness (QED) is 0.0442. The van der Waals surface area contributed by atoms with Crippen molar-refractivity contribution in [1.82, 2.24) is 5.32 Å². The van der Waals surface area contributed by atoms with E-state index in [4.69, 9.17) is 37.9 Å². The summed E-state index contributed by atoms with van der Waals surface area (Å²) in [5.41, 5.74) is 5.66. The summed E-state index contributed by atoms with van der Waals surface area (Å²) in [6.07, 6.45) is 3.49. The predicted octanol–water partition coefficient (Wildman–Crippen LogP) is 12.7. The summed E-state index contributed by atoms with van der Waals surface area (Å²) in [7, 11) is 0. The number of fused-ring (bicyclic) bond motifs is 1. The maximum Gasteiger partial charge on any atom is 0.220 e. The van der Waals surface area contributed by atoms with Gasteiger partial charge in [0.15, 0.2) is 24.2 Å². The molecular formula is C63H73F2NO9. The third kappa shape index (κ3) is 17.7. The monoisotopic (exact) mass is 1030 g/mol. The Hall–Kier alpha value is -5.67. The summed E-state index contributed by atoms with van der Waals surface area (Å²) >= 11 is 0. The molecule has 2 fully saturated rings. The molecule has 0 radical (unpaired) electrons. The molecule has 398 valence electrons. The smallest absolute Gasteiger partial charge is 0.220 e. The van der Waals surface area contributed by atoms with Crippen molar-refractivity contribution in [3.63, 3.8) is 0 Å². The van der Waals surface area contributed by atoms with E-state index in [2.05, 4.69) is 5.32 Å². The Bertz CT molecular complexity index is 2530. The SMILES string of the molecule is C[C@@H](OCc1ccccc1)[C@@H](OCc1ccccc1)[C@H](COC1OC2COC(c3ccccc3)OC2C(OCc2ccccc2)C1OCc1ccccc1)NC(=O)CCCCCCCCCCc1ccc(F)c(F)c1. The summed E-state index contributed by atoms with van der Waals surface area (Å²) in [5.74, 6) is -1.72. The molecule has 1 amide bonds. The van der Waals surface area contributed by atoms with Crippen LogP contribution in [0.15, 0.2) is 170 Å². The van der Waals surface area contributed by atoms with Crippen molar-refractivity contribution in [2.75, 3.05) is 13.2 Å². The number of carbonyl (C=O) groups excluding carboxylic acids is 1. The third-order valence-electron chi connectivity index (χ3n) is 13.8. The second-order valence-electron chi connectivity index (χ2n) is 19.6. The Morgan fingerprint density at radius 1 is 0.560 bits per heavy atom. The lowest BCUT2D eigenvalue weighted by atomic mass is 9.96. The topological polar surface area (TPSA) is 103 Å². The van der Waals surface area contributed by atoms with E-state index in [9.17, 15) is 13.6 Å². The summed E-state index contributed by atoms with van der Waals surface area (Å²) in [4.78, 5) is 14.2. The normalized spacial score (nSPS) is 20.7.